The fraction of sp³-hybridized carbons (Fsp3) is 0.286. The van der Waals surface area contributed by atoms with Gasteiger partial charge >= 0.3 is 0 Å². The Morgan fingerprint density at radius 1 is 1.11 bits per heavy atom. The molecule has 0 saturated carbocycles. The van der Waals surface area contributed by atoms with Gasteiger partial charge in [-0.25, -0.2) is 4.98 Å². The molecule has 0 radical (unpaired) electrons. The first-order chi connectivity index (χ1) is 8.81. The molecule has 2 N–H and O–H groups in total. The van der Waals surface area contributed by atoms with E-state index in [9.17, 15) is 0 Å². The standard InChI is InChI=1S/C14H15N3S/c15-14-8-16-12(7-17-14)9-18-13-5-4-10-2-1-3-11(10)6-13/h4-8H,1-3,9H2,(H2,15,17). The highest BCUT2D eigenvalue weighted by molar-refractivity contribution is 7.98. The van der Waals surface area contributed by atoms with Crippen molar-refractivity contribution in [1.29, 1.82) is 0 Å². The van der Waals surface area contributed by atoms with Crippen molar-refractivity contribution in [3.8, 4) is 0 Å². The fourth-order valence-corrected chi connectivity index (χ4v) is 3.09. The number of fused-ring (bicyclic) bond motifs is 1. The van der Waals surface area contributed by atoms with E-state index in [2.05, 4.69) is 28.2 Å². The smallest absolute Gasteiger partial charge is 0.141 e. The van der Waals surface area contributed by atoms with Gasteiger partial charge in [0, 0.05) is 10.6 Å². The Bertz CT molecular complexity index is 551. The van der Waals surface area contributed by atoms with E-state index in [0.29, 0.717) is 5.82 Å². The number of nitrogen functional groups attached to an aromatic ring is 1. The van der Waals surface area contributed by atoms with Crippen LogP contribution in [0.3, 0.4) is 0 Å². The number of aryl methyl sites for hydroxylation is 2. The molecular weight excluding hydrogens is 242 g/mol. The van der Waals surface area contributed by atoms with Gasteiger partial charge in [0.05, 0.1) is 18.1 Å². The van der Waals surface area contributed by atoms with Crippen LogP contribution in [-0.4, -0.2) is 9.97 Å². The van der Waals surface area contributed by atoms with Crippen LogP contribution in [0.2, 0.25) is 0 Å². The monoisotopic (exact) mass is 257 g/mol. The normalized spacial score (nSPS) is 13.6. The summed E-state index contributed by atoms with van der Waals surface area (Å²) in [7, 11) is 0. The second kappa shape index (κ2) is 4.98. The number of benzene rings is 1. The van der Waals surface area contributed by atoms with Crippen LogP contribution in [0.1, 0.15) is 23.2 Å². The first-order valence-electron chi connectivity index (χ1n) is 6.12. The Hall–Kier alpha value is -1.55. The van der Waals surface area contributed by atoms with E-state index < -0.39 is 0 Å². The Kier molecular flexibility index (Phi) is 3.19. The van der Waals surface area contributed by atoms with Crippen LogP contribution in [0.5, 0.6) is 0 Å². The van der Waals surface area contributed by atoms with E-state index in [1.807, 2.05) is 0 Å². The van der Waals surface area contributed by atoms with Crippen LogP contribution in [0.4, 0.5) is 5.82 Å². The van der Waals surface area contributed by atoms with Gasteiger partial charge in [0.25, 0.3) is 0 Å². The van der Waals surface area contributed by atoms with Gasteiger partial charge in [-0.2, -0.15) is 0 Å². The predicted molar refractivity (Wildman–Crippen MR) is 74.5 cm³/mol. The molecule has 3 nitrogen and oxygen atoms in total. The minimum absolute atomic E-state index is 0.473. The molecule has 1 aliphatic carbocycles. The van der Waals surface area contributed by atoms with Crippen LogP contribution in [0, 0.1) is 0 Å². The zero-order chi connectivity index (χ0) is 12.4. The van der Waals surface area contributed by atoms with E-state index in [-0.39, 0.29) is 0 Å². The third-order valence-corrected chi connectivity index (χ3v) is 4.21. The van der Waals surface area contributed by atoms with Crippen LogP contribution < -0.4 is 5.73 Å². The van der Waals surface area contributed by atoms with Crippen LogP contribution >= 0.6 is 11.8 Å². The van der Waals surface area contributed by atoms with Gasteiger partial charge in [-0.3, -0.25) is 4.98 Å². The van der Waals surface area contributed by atoms with Crippen LogP contribution in [-0.2, 0) is 18.6 Å². The second-order valence-corrected chi connectivity index (χ2v) is 5.55. The number of nitrogens with two attached hydrogens (primary N) is 1. The summed E-state index contributed by atoms with van der Waals surface area (Å²) in [6, 6.07) is 6.79. The molecule has 1 heterocycles. The molecule has 0 bridgehead atoms. The van der Waals surface area contributed by atoms with Crippen molar-refractivity contribution in [1.82, 2.24) is 9.97 Å². The molecule has 0 aliphatic heterocycles. The molecule has 0 fully saturated rings. The van der Waals surface area contributed by atoms with E-state index in [1.165, 1.54) is 35.3 Å². The Morgan fingerprint density at radius 3 is 2.83 bits per heavy atom. The summed E-state index contributed by atoms with van der Waals surface area (Å²) in [6.07, 6.45) is 7.12. The lowest BCUT2D eigenvalue weighted by Gasteiger charge is -2.04. The molecule has 0 amide bonds. The lowest BCUT2D eigenvalue weighted by molar-refractivity contribution is 0.911. The summed E-state index contributed by atoms with van der Waals surface area (Å²) in [6.45, 7) is 0. The SMILES string of the molecule is Nc1cnc(CSc2ccc3c(c2)CCC3)cn1. The summed E-state index contributed by atoms with van der Waals surface area (Å²) in [5.41, 5.74) is 9.52. The number of rotatable bonds is 3. The van der Waals surface area contributed by atoms with E-state index in [0.717, 1.165) is 11.4 Å². The van der Waals surface area contributed by atoms with Gasteiger partial charge in [-0.1, -0.05) is 6.07 Å². The molecule has 1 aromatic heterocycles. The highest BCUT2D eigenvalue weighted by atomic mass is 32.2. The van der Waals surface area contributed by atoms with E-state index >= 15 is 0 Å². The zero-order valence-corrected chi connectivity index (χ0v) is 10.9. The fourth-order valence-electron chi connectivity index (χ4n) is 2.23. The number of anilines is 1. The van der Waals surface area contributed by atoms with Gasteiger partial charge in [0.15, 0.2) is 0 Å². The van der Waals surface area contributed by atoms with Crippen LogP contribution in [0.15, 0.2) is 35.5 Å². The van der Waals surface area contributed by atoms with Crippen molar-refractivity contribution >= 4 is 17.6 Å². The third-order valence-electron chi connectivity index (χ3n) is 3.18. The zero-order valence-electron chi connectivity index (χ0n) is 10.1. The molecule has 0 saturated heterocycles. The molecule has 1 aliphatic rings. The first kappa shape index (κ1) is 11.5. The Balaban J connectivity index is 1.68. The third kappa shape index (κ3) is 2.48. The maximum atomic E-state index is 5.52. The van der Waals surface area contributed by atoms with Crippen molar-refractivity contribution in [2.45, 2.75) is 29.9 Å². The van der Waals surface area contributed by atoms with Gasteiger partial charge < -0.3 is 5.73 Å². The van der Waals surface area contributed by atoms with Gasteiger partial charge in [0.1, 0.15) is 5.82 Å². The molecular formula is C14H15N3S. The number of thioether (sulfide) groups is 1. The summed E-state index contributed by atoms with van der Waals surface area (Å²) in [5.74, 6) is 1.31. The largest absolute Gasteiger partial charge is 0.382 e. The van der Waals surface area contributed by atoms with Crippen molar-refractivity contribution < 1.29 is 0 Å². The molecule has 1 aromatic carbocycles. The van der Waals surface area contributed by atoms with Gasteiger partial charge in [-0.15, -0.1) is 11.8 Å². The van der Waals surface area contributed by atoms with Crippen molar-refractivity contribution in [2.75, 3.05) is 5.73 Å². The molecule has 18 heavy (non-hydrogen) atoms. The number of hydrogen-bond acceptors (Lipinski definition) is 4. The predicted octanol–water partition coefficient (Wildman–Crippen LogP) is 2.84. The van der Waals surface area contributed by atoms with E-state index in [4.69, 9.17) is 5.73 Å². The molecule has 2 aromatic rings. The Labute approximate surface area is 111 Å². The molecule has 0 unspecified atom stereocenters. The first-order valence-corrected chi connectivity index (χ1v) is 7.11. The quantitative estimate of drug-likeness (QED) is 0.859. The average Bonchev–Trinajstić information content (AvgIpc) is 2.85. The summed E-state index contributed by atoms with van der Waals surface area (Å²) < 4.78 is 0. The topological polar surface area (TPSA) is 51.8 Å². The lowest BCUT2D eigenvalue weighted by atomic mass is 10.1. The van der Waals surface area contributed by atoms with Crippen molar-refractivity contribution in [3.63, 3.8) is 0 Å². The lowest BCUT2D eigenvalue weighted by Crippen LogP contribution is -1.94. The summed E-state index contributed by atoms with van der Waals surface area (Å²) >= 11 is 1.80. The molecule has 3 rings (SSSR count). The van der Waals surface area contributed by atoms with Crippen molar-refractivity contribution in [2.24, 2.45) is 0 Å². The number of nitrogens with zero attached hydrogens (tertiary/aromatic N) is 2. The van der Waals surface area contributed by atoms with E-state index in [1.54, 1.807) is 24.2 Å². The summed E-state index contributed by atoms with van der Waals surface area (Å²) in [4.78, 5) is 9.62. The molecule has 0 spiro atoms. The van der Waals surface area contributed by atoms with Crippen molar-refractivity contribution in [3.05, 3.63) is 47.4 Å². The highest BCUT2D eigenvalue weighted by Gasteiger charge is 2.10. The maximum Gasteiger partial charge on any atom is 0.141 e. The average molecular weight is 257 g/mol. The maximum absolute atomic E-state index is 5.52. The number of hydrogen-bond donors (Lipinski definition) is 1. The van der Waals surface area contributed by atoms with Crippen LogP contribution in [0.25, 0.3) is 0 Å². The van der Waals surface area contributed by atoms with Gasteiger partial charge in [0.2, 0.25) is 0 Å². The minimum atomic E-state index is 0.473. The molecule has 0 atom stereocenters. The minimum Gasteiger partial charge on any atom is -0.382 e. The van der Waals surface area contributed by atoms with Gasteiger partial charge in [-0.05, 0) is 42.5 Å². The Morgan fingerprint density at radius 2 is 2.00 bits per heavy atom. The number of aromatic nitrogens is 2. The second-order valence-electron chi connectivity index (χ2n) is 4.51. The summed E-state index contributed by atoms with van der Waals surface area (Å²) in [5, 5.41) is 0. The molecule has 4 heteroatoms. The highest BCUT2D eigenvalue weighted by Crippen LogP contribution is 2.28. The molecule has 92 valence electrons.